The highest BCUT2D eigenvalue weighted by molar-refractivity contribution is 5.80. The van der Waals surface area contributed by atoms with E-state index < -0.39 is 0 Å². The average molecular weight is 270 g/mol. The Morgan fingerprint density at radius 2 is 2.10 bits per heavy atom. The van der Waals surface area contributed by atoms with E-state index in [2.05, 4.69) is 29.0 Å². The van der Waals surface area contributed by atoms with Crippen LogP contribution in [0, 0.1) is 6.92 Å². The molecule has 0 aliphatic heterocycles. The van der Waals surface area contributed by atoms with Crippen molar-refractivity contribution in [2.75, 3.05) is 7.11 Å². The average Bonchev–Trinajstić information content (AvgIpc) is 2.45. The van der Waals surface area contributed by atoms with Crippen molar-refractivity contribution >= 4 is 5.78 Å². The molecule has 0 saturated carbocycles. The predicted molar refractivity (Wildman–Crippen MR) is 76.8 cm³/mol. The Labute approximate surface area is 118 Å². The number of Topliss-reactive ketones (excluding diaryl/α,β-unsaturated/α-hetero) is 1. The molecule has 0 unspecified atom stereocenters. The van der Waals surface area contributed by atoms with Crippen LogP contribution in [0.5, 0.6) is 5.88 Å². The van der Waals surface area contributed by atoms with Crippen molar-refractivity contribution < 1.29 is 9.53 Å². The predicted octanol–water partition coefficient (Wildman–Crippen LogP) is 2.54. The summed E-state index contributed by atoms with van der Waals surface area (Å²) in [6, 6.07) is 9.93. The normalized spacial score (nSPS) is 10.3. The largest absolute Gasteiger partial charge is 0.481 e. The van der Waals surface area contributed by atoms with Crippen LogP contribution < -0.4 is 4.74 Å². The van der Waals surface area contributed by atoms with Crippen molar-refractivity contribution in [2.45, 2.75) is 26.2 Å². The second-order valence-corrected chi connectivity index (χ2v) is 4.76. The van der Waals surface area contributed by atoms with Gasteiger partial charge in [-0.05, 0) is 18.9 Å². The monoisotopic (exact) mass is 270 g/mol. The second kappa shape index (κ2) is 6.80. The summed E-state index contributed by atoms with van der Waals surface area (Å²) < 4.78 is 5.02. The Kier molecular flexibility index (Phi) is 4.82. The summed E-state index contributed by atoms with van der Waals surface area (Å²) in [5, 5.41) is 0. The minimum Gasteiger partial charge on any atom is -0.481 e. The summed E-state index contributed by atoms with van der Waals surface area (Å²) in [6.07, 6.45) is 3.03. The van der Waals surface area contributed by atoms with Gasteiger partial charge in [-0.3, -0.25) is 4.79 Å². The van der Waals surface area contributed by atoms with Crippen molar-refractivity contribution in [3.05, 3.63) is 53.5 Å². The number of hydrogen-bond acceptors (Lipinski definition) is 4. The smallest absolute Gasteiger partial charge is 0.216 e. The Hall–Kier alpha value is -2.23. The van der Waals surface area contributed by atoms with Crippen LogP contribution in [0.4, 0.5) is 0 Å². The molecule has 0 saturated heterocycles. The van der Waals surface area contributed by atoms with Crippen LogP contribution in [-0.2, 0) is 17.6 Å². The van der Waals surface area contributed by atoms with Crippen LogP contribution >= 0.6 is 0 Å². The maximum Gasteiger partial charge on any atom is 0.216 e. The first kappa shape index (κ1) is 14.2. The van der Waals surface area contributed by atoms with Crippen molar-refractivity contribution in [3.63, 3.8) is 0 Å². The van der Waals surface area contributed by atoms with Gasteiger partial charge in [0.2, 0.25) is 5.88 Å². The van der Waals surface area contributed by atoms with Crippen LogP contribution in [0.1, 0.15) is 23.2 Å². The molecule has 20 heavy (non-hydrogen) atoms. The number of ketones is 1. The molecule has 0 aliphatic carbocycles. The third-order valence-corrected chi connectivity index (χ3v) is 3.06. The summed E-state index contributed by atoms with van der Waals surface area (Å²) in [7, 11) is 1.55. The van der Waals surface area contributed by atoms with Gasteiger partial charge in [0, 0.05) is 18.9 Å². The maximum absolute atomic E-state index is 12.0. The first-order chi connectivity index (χ1) is 9.67. The van der Waals surface area contributed by atoms with Gasteiger partial charge in [-0.2, -0.15) is 0 Å². The SMILES string of the molecule is COc1cc(CC(=O)CCc2cccc(C)c2)ncn1. The van der Waals surface area contributed by atoms with Gasteiger partial charge in [0.1, 0.15) is 12.1 Å². The third-order valence-electron chi connectivity index (χ3n) is 3.06. The van der Waals surface area contributed by atoms with Gasteiger partial charge in [0.15, 0.2) is 0 Å². The molecule has 4 nitrogen and oxygen atoms in total. The molecule has 2 rings (SSSR count). The van der Waals surface area contributed by atoms with E-state index in [1.54, 1.807) is 13.2 Å². The molecule has 0 bridgehead atoms. The van der Waals surface area contributed by atoms with E-state index in [9.17, 15) is 4.79 Å². The van der Waals surface area contributed by atoms with Gasteiger partial charge in [0.05, 0.1) is 12.8 Å². The second-order valence-electron chi connectivity index (χ2n) is 4.76. The van der Waals surface area contributed by atoms with Crippen LogP contribution in [0.3, 0.4) is 0 Å². The Balaban J connectivity index is 1.89. The quantitative estimate of drug-likeness (QED) is 0.809. The van der Waals surface area contributed by atoms with Gasteiger partial charge in [0.25, 0.3) is 0 Å². The fraction of sp³-hybridized carbons (Fsp3) is 0.312. The van der Waals surface area contributed by atoms with E-state index in [4.69, 9.17) is 4.74 Å². The molecule has 1 aromatic carbocycles. The van der Waals surface area contributed by atoms with E-state index in [1.807, 2.05) is 12.1 Å². The van der Waals surface area contributed by atoms with Crippen molar-refractivity contribution in [1.29, 1.82) is 0 Å². The van der Waals surface area contributed by atoms with Crippen LogP contribution in [-0.4, -0.2) is 22.9 Å². The molecule has 0 amide bonds. The zero-order valence-corrected chi connectivity index (χ0v) is 11.8. The van der Waals surface area contributed by atoms with Gasteiger partial charge in [-0.15, -0.1) is 0 Å². The highest BCUT2D eigenvalue weighted by Crippen LogP contribution is 2.10. The number of carbonyl (C=O) groups is 1. The molecule has 1 aromatic heterocycles. The number of aryl methyl sites for hydroxylation is 2. The first-order valence-corrected chi connectivity index (χ1v) is 6.59. The van der Waals surface area contributed by atoms with Crippen LogP contribution in [0.25, 0.3) is 0 Å². The third kappa shape index (κ3) is 4.16. The lowest BCUT2D eigenvalue weighted by atomic mass is 10.0. The number of ether oxygens (including phenoxy) is 1. The van der Waals surface area contributed by atoms with Crippen molar-refractivity contribution in [2.24, 2.45) is 0 Å². The fourth-order valence-electron chi connectivity index (χ4n) is 2.03. The van der Waals surface area contributed by atoms with Crippen LogP contribution in [0.15, 0.2) is 36.7 Å². The lowest BCUT2D eigenvalue weighted by Gasteiger charge is -2.04. The summed E-state index contributed by atoms with van der Waals surface area (Å²) in [5.74, 6) is 0.661. The summed E-state index contributed by atoms with van der Waals surface area (Å²) in [6.45, 7) is 2.05. The molecule has 4 heteroatoms. The molecule has 0 atom stereocenters. The van der Waals surface area contributed by atoms with Crippen molar-refractivity contribution in [1.82, 2.24) is 9.97 Å². The van der Waals surface area contributed by atoms with Gasteiger partial charge < -0.3 is 4.74 Å². The molecular formula is C16H18N2O2. The lowest BCUT2D eigenvalue weighted by molar-refractivity contribution is -0.118. The number of rotatable bonds is 6. The number of aromatic nitrogens is 2. The zero-order chi connectivity index (χ0) is 14.4. The summed E-state index contributed by atoms with van der Waals surface area (Å²) in [4.78, 5) is 20.0. The Bertz CT molecular complexity index is 597. The van der Waals surface area contributed by atoms with Gasteiger partial charge >= 0.3 is 0 Å². The first-order valence-electron chi connectivity index (χ1n) is 6.59. The minimum atomic E-state index is 0.173. The molecule has 0 aliphatic rings. The van der Waals surface area contributed by atoms with Crippen LogP contribution in [0.2, 0.25) is 0 Å². The lowest BCUT2D eigenvalue weighted by Crippen LogP contribution is -2.06. The number of methoxy groups -OCH3 is 1. The number of benzene rings is 1. The van der Waals surface area contributed by atoms with E-state index >= 15 is 0 Å². The number of hydrogen-bond donors (Lipinski definition) is 0. The Morgan fingerprint density at radius 1 is 1.25 bits per heavy atom. The molecular weight excluding hydrogens is 252 g/mol. The summed E-state index contributed by atoms with van der Waals surface area (Å²) in [5.41, 5.74) is 3.11. The summed E-state index contributed by atoms with van der Waals surface area (Å²) >= 11 is 0. The molecule has 0 fully saturated rings. The topological polar surface area (TPSA) is 52.1 Å². The minimum absolute atomic E-state index is 0.173. The van der Waals surface area contributed by atoms with E-state index in [-0.39, 0.29) is 5.78 Å². The van der Waals surface area contributed by atoms with E-state index in [0.717, 1.165) is 6.42 Å². The van der Waals surface area contributed by atoms with E-state index in [0.29, 0.717) is 24.4 Å². The standard InChI is InChI=1S/C16H18N2O2/c1-12-4-3-5-13(8-12)6-7-15(19)9-14-10-16(20-2)18-11-17-14/h3-5,8,10-11H,6-7,9H2,1-2H3. The molecule has 0 N–H and O–H groups in total. The highest BCUT2D eigenvalue weighted by atomic mass is 16.5. The molecule has 0 radical (unpaired) electrons. The van der Waals surface area contributed by atoms with Gasteiger partial charge in [-0.1, -0.05) is 29.8 Å². The fourth-order valence-corrected chi connectivity index (χ4v) is 2.03. The molecule has 104 valence electrons. The number of nitrogens with zero attached hydrogens (tertiary/aromatic N) is 2. The highest BCUT2D eigenvalue weighted by Gasteiger charge is 2.07. The molecule has 0 spiro atoms. The zero-order valence-electron chi connectivity index (χ0n) is 11.8. The maximum atomic E-state index is 12.0. The molecule has 1 heterocycles. The Morgan fingerprint density at radius 3 is 2.85 bits per heavy atom. The molecule has 2 aromatic rings. The van der Waals surface area contributed by atoms with Gasteiger partial charge in [-0.25, -0.2) is 9.97 Å². The number of carbonyl (C=O) groups excluding carboxylic acids is 1. The van der Waals surface area contributed by atoms with E-state index in [1.165, 1.54) is 17.5 Å². The van der Waals surface area contributed by atoms with Crippen molar-refractivity contribution in [3.8, 4) is 5.88 Å².